The average Bonchev–Trinajstić information content (AvgIpc) is 2.25. The summed E-state index contributed by atoms with van der Waals surface area (Å²) in [6.07, 6.45) is 1.20. The second kappa shape index (κ2) is 8.90. The Hall–Kier alpha value is -0.120. The molecule has 0 aromatic rings. The standard InChI is InChI=1S/C14H33N3/c1-8-10-15-13(4)14(5)17(9-2)12(3)11-16(6)7/h12-15H,8-11H2,1-7H3. The summed E-state index contributed by atoms with van der Waals surface area (Å²) in [6.45, 7) is 14.8. The molecule has 0 heterocycles. The van der Waals surface area contributed by atoms with Crippen LogP contribution in [0.4, 0.5) is 0 Å². The molecule has 3 heteroatoms. The molecule has 0 saturated heterocycles. The lowest BCUT2D eigenvalue weighted by Gasteiger charge is -2.38. The molecule has 3 atom stereocenters. The molecule has 3 unspecified atom stereocenters. The van der Waals surface area contributed by atoms with E-state index in [9.17, 15) is 0 Å². The molecule has 0 bridgehead atoms. The zero-order valence-electron chi connectivity index (χ0n) is 13.0. The summed E-state index contributed by atoms with van der Waals surface area (Å²) in [7, 11) is 4.29. The van der Waals surface area contributed by atoms with Crippen LogP contribution in [0.1, 0.15) is 41.0 Å². The number of rotatable bonds is 9. The van der Waals surface area contributed by atoms with Gasteiger partial charge in [0.25, 0.3) is 0 Å². The van der Waals surface area contributed by atoms with Gasteiger partial charge in [-0.05, 0) is 54.4 Å². The molecular weight excluding hydrogens is 210 g/mol. The Bertz CT molecular complexity index is 182. The van der Waals surface area contributed by atoms with Crippen LogP contribution >= 0.6 is 0 Å². The van der Waals surface area contributed by atoms with E-state index in [0.29, 0.717) is 18.1 Å². The van der Waals surface area contributed by atoms with Crippen molar-refractivity contribution in [3.8, 4) is 0 Å². The fourth-order valence-electron chi connectivity index (χ4n) is 2.46. The van der Waals surface area contributed by atoms with Gasteiger partial charge < -0.3 is 10.2 Å². The highest BCUT2D eigenvalue weighted by Gasteiger charge is 2.22. The Morgan fingerprint density at radius 3 is 2.06 bits per heavy atom. The zero-order valence-corrected chi connectivity index (χ0v) is 13.0. The summed E-state index contributed by atoms with van der Waals surface area (Å²) in [6, 6.07) is 1.75. The van der Waals surface area contributed by atoms with Crippen LogP contribution in [0.3, 0.4) is 0 Å². The number of likely N-dealkylation sites (N-methyl/N-ethyl adjacent to an activating group) is 2. The molecule has 0 aliphatic heterocycles. The van der Waals surface area contributed by atoms with Gasteiger partial charge in [0.05, 0.1) is 0 Å². The first kappa shape index (κ1) is 16.9. The molecule has 0 amide bonds. The molecule has 0 aromatic carbocycles. The first-order chi connectivity index (χ1) is 7.93. The van der Waals surface area contributed by atoms with E-state index >= 15 is 0 Å². The van der Waals surface area contributed by atoms with Crippen molar-refractivity contribution in [2.45, 2.75) is 59.2 Å². The van der Waals surface area contributed by atoms with Gasteiger partial charge in [-0.2, -0.15) is 0 Å². The lowest BCUT2D eigenvalue weighted by molar-refractivity contribution is 0.115. The summed E-state index contributed by atoms with van der Waals surface area (Å²) in [5, 5.41) is 3.60. The molecule has 3 nitrogen and oxygen atoms in total. The van der Waals surface area contributed by atoms with Gasteiger partial charge in [0.15, 0.2) is 0 Å². The second-order valence-electron chi connectivity index (χ2n) is 5.43. The number of hydrogen-bond acceptors (Lipinski definition) is 3. The lowest BCUT2D eigenvalue weighted by Crippen LogP contribution is -2.52. The van der Waals surface area contributed by atoms with Crippen LogP contribution in [0.15, 0.2) is 0 Å². The van der Waals surface area contributed by atoms with Crippen molar-refractivity contribution >= 4 is 0 Å². The van der Waals surface area contributed by atoms with Crippen LogP contribution in [0, 0.1) is 0 Å². The molecular formula is C14H33N3. The van der Waals surface area contributed by atoms with Gasteiger partial charge in [-0.25, -0.2) is 0 Å². The molecule has 0 saturated carbocycles. The maximum atomic E-state index is 3.60. The van der Waals surface area contributed by atoms with E-state index < -0.39 is 0 Å². The van der Waals surface area contributed by atoms with Crippen LogP contribution in [0.25, 0.3) is 0 Å². The molecule has 1 N–H and O–H groups in total. The molecule has 0 spiro atoms. The number of nitrogens with one attached hydrogen (secondary N) is 1. The van der Waals surface area contributed by atoms with Gasteiger partial charge in [-0.3, -0.25) is 4.90 Å². The van der Waals surface area contributed by atoms with Crippen LogP contribution in [0.2, 0.25) is 0 Å². The van der Waals surface area contributed by atoms with Gasteiger partial charge in [0.2, 0.25) is 0 Å². The third-order valence-electron chi connectivity index (χ3n) is 3.52. The molecule has 104 valence electrons. The van der Waals surface area contributed by atoms with Crippen LogP contribution in [-0.2, 0) is 0 Å². The minimum atomic E-state index is 0.555. The molecule has 0 aromatic heterocycles. The van der Waals surface area contributed by atoms with Gasteiger partial charge >= 0.3 is 0 Å². The molecule has 0 rings (SSSR count). The Kier molecular flexibility index (Phi) is 8.83. The van der Waals surface area contributed by atoms with Crippen molar-refractivity contribution in [3.63, 3.8) is 0 Å². The van der Waals surface area contributed by atoms with Crippen molar-refractivity contribution in [2.75, 3.05) is 33.7 Å². The highest BCUT2D eigenvalue weighted by atomic mass is 15.2. The van der Waals surface area contributed by atoms with Gasteiger partial charge in [-0.1, -0.05) is 13.8 Å². The van der Waals surface area contributed by atoms with Gasteiger partial charge in [0.1, 0.15) is 0 Å². The average molecular weight is 243 g/mol. The van der Waals surface area contributed by atoms with Crippen molar-refractivity contribution in [1.82, 2.24) is 15.1 Å². The summed E-state index contributed by atoms with van der Waals surface area (Å²) in [5.74, 6) is 0. The topological polar surface area (TPSA) is 18.5 Å². The van der Waals surface area contributed by atoms with Gasteiger partial charge in [0, 0.05) is 24.7 Å². The second-order valence-corrected chi connectivity index (χ2v) is 5.43. The largest absolute Gasteiger partial charge is 0.313 e. The Labute approximate surface area is 109 Å². The third kappa shape index (κ3) is 6.39. The van der Waals surface area contributed by atoms with Gasteiger partial charge in [-0.15, -0.1) is 0 Å². The molecule has 0 fully saturated rings. The quantitative estimate of drug-likeness (QED) is 0.668. The summed E-state index contributed by atoms with van der Waals surface area (Å²) in [4.78, 5) is 4.86. The maximum Gasteiger partial charge on any atom is 0.0221 e. The fourth-order valence-corrected chi connectivity index (χ4v) is 2.46. The van der Waals surface area contributed by atoms with E-state index in [2.05, 4.69) is 63.8 Å². The lowest BCUT2D eigenvalue weighted by atomic mass is 10.1. The van der Waals surface area contributed by atoms with E-state index in [-0.39, 0.29) is 0 Å². The summed E-state index contributed by atoms with van der Waals surface area (Å²) < 4.78 is 0. The van der Waals surface area contributed by atoms with E-state index in [1.807, 2.05) is 0 Å². The predicted octanol–water partition coefficient (Wildman–Crippen LogP) is 2.04. The minimum absolute atomic E-state index is 0.555. The first-order valence-electron chi connectivity index (χ1n) is 7.07. The first-order valence-corrected chi connectivity index (χ1v) is 7.07. The highest BCUT2D eigenvalue weighted by molar-refractivity contribution is 4.81. The van der Waals surface area contributed by atoms with Crippen LogP contribution in [-0.4, -0.2) is 61.7 Å². The molecule has 17 heavy (non-hydrogen) atoms. The Balaban J connectivity index is 4.31. The molecule has 0 aliphatic rings. The maximum absolute atomic E-state index is 3.60. The monoisotopic (exact) mass is 243 g/mol. The SMILES string of the molecule is CCCNC(C)C(C)N(CC)C(C)CN(C)C. The van der Waals surface area contributed by atoms with Crippen molar-refractivity contribution in [3.05, 3.63) is 0 Å². The van der Waals surface area contributed by atoms with Crippen LogP contribution < -0.4 is 5.32 Å². The predicted molar refractivity (Wildman–Crippen MR) is 77.6 cm³/mol. The molecule has 0 radical (unpaired) electrons. The fraction of sp³-hybridized carbons (Fsp3) is 1.00. The van der Waals surface area contributed by atoms with E-state index in [1.165, 1.54) is 6.42 Å². The van der Waals surface area contributed by atoms with Crippen LogP contribution in [0.5, 0.6) is 0 Å². The number of hydrogen-bond donors (Lipinski definition) is 1. The normalized spacial score (nSPS) is 17.5. The Morgan fingerprint density at radius 1 is 1.06 bits per heavy atom. The van der Waals surface area contributed by atoms with Crippen molar-refractivity contribution in [1.29, 1.82) is 0 Å². The summed E-state index contributed by atoms with van der Waals surface area (Å²) in [5.41, 5.74) is 0. The van der Waals surface area contributed by atoms with E-state index in [4.69, 9.17) is 0 Å². The molecule has 0 aliphatic carbocycles. The van der Waals surface area contributed by atoms with E-state index in [1.54, 1.807) is 0 Å². The van der Waals surface area contributed by atoms with Crippen molar-refractivity contribution in [2.24, 2.45) is 0 Å². The van der Waals surface area contributed by atoms with Crippen molar-refractivity contribution < 1.29 is 0 Å². The Morgan fingerprint density at radius 2 is 1.65 bits per heavy atom. The number of nitrogens with zero attached hydrogens (tertiary/aromatic N) is 2. The zero-order chi connectivity index (χ0) is 13.4. The summed E-state index contributed by atoms with van der Waals surface area (Å²) >= 11 is 0. The minimum Gasteiger partial charge on any atom is -0.313 e. The van der Waals surface area contributed by atoms with E-state index in [0.717, 1.165) is 19.6 Å². The highest BCUT2D eigenvalue weighted by Crippen LogP contribution is 2.10. The third-order valence-corrected chi connectivity index (χ3v) is 3.52. The smallest absolute Gasteiger partial charge is 0.0221 e.